The molecule has 0 aromatic heterocycles. The van der Waals surface area contributed by atoms with Gasteiger partial charge in [-0.15, -0.1) is 0 Å². The van der Waals surface area contributed by atoms with Crippen molar-refractivity contribution in [1.82, 2.24) is 9.62 Å². The van der Waals surface area contributed by atoms with E-state index in [4.69, 9.17) is 9.47 Å². The van der Waals surface area contributed by atoms with Crippen molar-refractivity contribution >= 4 is 10.0 Å². The molecule has 0 amide bonds. The van der Waals surface area contributed by atoms with Crippen LogP contribution in [0.1, 0.15) is 6.42 Å². The molecule has 7 heteroatoms. The number of ether oxygens (including phenoxy) is 2. The van der Waals surface area contributed by atoms with Gasteiger partial charge in [-0.05, 0) is 26.2 Å². The summed E-state index contributed by atoms with van der Waals surface area (Å²) >= 11 is 0. The van der Waals surface area contributed by atoms with Gasteiger partial charge in [-0.1, -0.05) is 0 Å². The largest absolute Gasteiger partial charge is 0.490 e. The molecule has 2 rings (SSSR count). The summed E-state index contributed by atoms with van der Waals surface area (Å²) in [4.78, 5) is 2.11. The van der Waals surface area contributed by atoms with Crippen LogP contribution in [0, 0.1) is 0 Å². The molecule has 0 aliphatic carbocycles. The minimum atomic E-state index is -3.51. The van der Waals surface area contributed by atoms with Crippen molar-refractivity contribution in [2.45, 2.75) is 11.3 Å². The summed E-state index contributed by atoms with van der Waals surface area (Å²) in [5.74, 6) is 1.08. The SMILES string of the molecule is CN(C)CCNS(=O)(=O)c1ccc2c(c1)OCCCO2. The lowest BCUT2D eigenvalue weighted by atomic mass is 10.3. The standard InChI is InChI=1S/C13H20N2O4S/c1-15(2)7-6-14-20(16,17)11-4-5-12-13(10-11)19-9-3-8-18-12/h4-5,10,14H,3,6-9H2,1-2H3. The first-order valence-electron chi connectivity index (χ1n) is 6.53. The summed E-state index contributed by atoms with van der Waals surface area (Å²) in [5, 5.41) is 0. The first-order valence-corrected chi connectivity index (χ1v) is 8.01. The van der Waals surface area contributed by atoms with Crippen LogP contribution in [0.15, 0.2) is 23.1 Å². The molecule has 0 atom stereocenters. The Kier molecular flexibility index (Phi) is 4.85. The molecule has 0 spiro atoms. The van der Waals surface area contributed by atoms with Crippen molar-refractivity contribution in [3.63, 3.8) is 0 Å². The van der Waals surface area contributed by atoms with Crippen LogP contribution in [0.25, 0.3) is 0 Å². The van der Waals surface area contributed by atoms with Crippen LogP contribution < -0.4 is 14.2 Å². The van der Waals surface area contributed by atoms with Crippen LogP contribution in [-0.4, -0.2) is 53.7 Å². The van der Waals surface area contributed by atoms with E-state index in [9.17, 15) is 8.42 Å². The minimum absolute atomic E-state index is 0.195. The van der Waals surface area contributed by atoms with Crippen molar-refractivity contribution in [2.75, 3.05) is 40.4 Å². The maximum Gasteiger partial charge on any atom is 0.240 e. The number of nitrogens with one attached hydrogen (secondary N) is 1. The topological polar surface area (TPSA) is 67.9 Å². The molecule has 1 aliphatic heterocycles. The van der Waals surface area contributed by atoms with E-state index in [1.807, 2.05) is 19.0 Å². The Morgan fingerprint density at radius 1 is 1.20 bits per heavy atom. The van der Waals surface area contributed by atoms with Gasteiger partial charge in [-0.25, -0.2) is 13.1 Å². The Balaban J connectivity index is 2.13. The molecule has 0 saturated heterocycles. The summed E-state index contributed by atoms with van der Waals surface area (Å²) in [7, 11) is 0.268. The fourth-order valence-electron chi connectivity index (χ4n) is 1.80. The van der Waals surface area contributed by atoms with Gasteiger partial charge in [0.1, 0.15) is 0 Å². The lowest BCUT2D eigenvalue weighted by Crippen LogP contribution is -2.31. The minimum Gasteiger partial charge on any atom is -0.490 e. The van der Waals surface area contributed by atoms with E-state index in [0.717, 1.165) is 6.42 Å². The summed E-state index contributed by atoms with van der Waals surface area (Å²) < 4.78 is 37.9. The molecule has 112 valence electrons. The second-order valence-electron chi connectivity index (χ2n) is 4.86. The van der Waals surface area contributed by atoms with E-state index in [0.29, 0.717) is 37.8 Å². The number of rotatable bonds is 5. The maximum absolute atomic E-state index is 12.2. The van der Waals surface area contributed by atoms with Gasteiger partial charge >= 0.3 is 0 Å². The summed E-state index contributed by atoms with van der Waals surface area (Å²) in [6.45, 7) is 2.12. The molecule has 20 heavy (non-hydrogen) atoms. The zero-order valence-electron chi connectivity index (χ0n) is 11.8. The third-order valence-electron chi connectivity index (χ3n) is 2.88. The number of likely N-dealkylation sites (N-methyl/N-ethyl adjacent to an activating group) is 1. The molecule has 0 saturated carbocycles. The third-order valence-corrected chi connectivity index (χ3v) is 4.34. The second kappa shape index (κ2) is 6.43. The predicted octanol–water partition coefficient (Wildman–Crippen LogP) is 0.688. The lowest BCUT2D eigenvalue weighted by molar-refractivity contribution is 0.297. The zero-order chi connectivity index (χ0) is 14.6. The van der Waals surface area contributed by atoms with Crippen LogP contribution in [0.5, 0.6) is 11.5 Å². The van der Waals surface area contributed by atoms with Crippen LogP contribution in [0.4, 0.5) is 0 Å². The quantitative estimate of drug-likeness (QED) is 0.866. The Labute approximate surface area is 119 Å². The van der Waals surface area contributed by atoms with Gasteiger partial charge in [0, 0.05) is 25.6 Å². The van der Waals surface area contributed by atoms with Crippen LogP contribution in [0.2, 0.25) is 0 Å². The highest BCUT2D eigenvalue weighted by Crippen LogP contribution is 2.31. The van der Waals surface area contributed by atoms with Gasteiger partial charge in [0.05, 0.1) is 18.1 Å². The molecule has 0 bridgehead atoms. The maximum atomic E-state index is 12.2. The van der Waals surface area contributed by atoms with Crippen LogP contribution in [0.3, 0.4) is 0 Å². The molecule has 6 nitrogen and oxygen atoms in total. The average molecular weight is 300 g/mol. The van der Waals surface area contributed by atoms with Gasteiger partial charge in [0.15, 0.2) is 11.5 Å². The monoisotopic (exact) mass is 300 g/mol. The van der Waals surface area contributed by atoms with E-state index >= 15 is 0 Å². The zero-order valence-corrected chi connectivity index (χ0v) is 12.6. The number of nitrogens with zero attached hydrogens (tertiary/aromatic N) is 1. The third kappa shape index (κ3) is 3.84. The van der Waals surface area contributed by atoms with Crippen molar-refractivity contribution < 1.29 is 17.9 Å². The van der Waals surface area contributed by atoms with Gasteiger partial charge < -0.3 is 14.4 Å². The fraction of sp³-hybridized carbons (Fsp3) is 0.538. The summed E-state index contributed by atoms with van der Waals surface area (Å²) in [6.07, 6.45) is 0.790. The molecule has 1 aromatic rings. The smallest absolute Gasteiger partial charge is 0.240 e. The van der Waals surface area contributed by atoms with Gasteiger partial charge in [-0.3, -0.25) is 0 Å². The average Bonchev–Trinajstić information content (AvgIpc) is 2.62. The highest BCUT2D eigenvalue weighted by molar-refractivity contribution is 7.89. The molecular formula is C13H20N2O4S. The van der Waals surface area contributed by atoms with Crippen LogP contribution in [-0.2, 0) is 10.0 Å². The summed E-state index contributed by atoms with van der Waals surface area (Å²) in [6, 6.07) is 4.69. The van der Waals surface area contributed by atoms with E-state index < -0.39 is 10.0 Å². The Hall–Kier alpha value is -1.31. The lowest BCUT2D eigenvalue weighted by Gasteiger charge is -2.12. The van der Waals surface area contributed by atoms with E-state index in [1.165, 1.54) is 12.1 Å². The number of hydrogen-bond donors (Lipinski definition) is 1. The molecule has 1 aliphatic rings. The van der Waals surface area contributed by atoms with Gasteiger partial charge in [0.2, 0.25) is 10.0 Å². The normalized spacial score (nSPS) is 15.2. The molecule has 0 unspecified atom stereocenters. The number of hydrogen-bond acceptors (Lipinski definition) is 5. The predicted molar refractivity (Wildman–Crippen MR) is 75.8 cm³/mol. The van der Waals surface area contributed by atoms with Crippen LogP contribution >= 0.6 is 0 Å². The molecule has 1 heterocycles. The molecule has 1 aromatic carbocycles. The van der Waals surface area contributed by atoms with E-state index in [2.05, 4.69) is 4.72 Å². The van der Waals surface area contributed by atoms with Gasteiger partial charge in [-0.2, -0.15) is 0 Å². The number of fused-ring (bicyclic) bond motifs is 1. The first kappa shape index (κ1) is 15.1. The van der Waals surface area contributed by atoms with Gasteiger partial charge in [0.25, 0.3) is 0 Å². The number of benzene rings is 1. The van der Waals surface area contributed by atoms with Crippen molar-refractivity contribution in [1.29, 1.82) is 0 Å². The highest BCUT2D eigenvalue weighted by Gasteiger charge is 2.18. The fourth-order valence-corrected chi connectivity index (χ4v) is 2.83. The Morgan fingerprint density at radius 3 is 2.60 bits per heavy atom. The first-order chi connectivity index (χ1) is 9.49. The molecule has 1 N–H and O–H groups in total. The van der Waals surface area contributed by atoms with E-state index in [1.54, 1.807) is 6.07 Å². The highest BCUT2D eigenvalue weighted by atomic mass is 32.2. The van der Waals surface area contributed by atoms with Crippen molar-refractivity contribution in [3.05, 3.63) is 18.2 Å². The van der Waals surface area contributed by atoms with Crippen molar-refractivity contribution in [2.24, 2.45) is 0 Å². The number of sulfonamides is 1. The summed E-state index contributed by atoms with van der Waals surface area (Å²) in [5.41, 5.74) is 0. The second-order valence-corrected chi connectivity index (χ2v) is 6.63. The Morgan fingerprint density at radius 2 is 1.90 bits per heavy atom. The molecular weight excluding hydrogens is 280 g/mol. The Bertz CT molecular complexity index is 557. The van der Waals surface area contributed by atoms with Crippen molar-refractivity contribution in [3.8, 4) is 11.5 Å². The molecule has 0 radical (unpaired) electrons. The molecule has 0 fully saturated rings. The van der Waals surface area contributed by atoms with E-state index in [-0.39, 0.29) is 4.90 Å².